The summed E-state index contributed by atoms with van der Waals surface area (Å²) in [7, 11) is 0. The molecule has 0 aliphatic heterocycles. The smallest absolute Gasteiger partial charge is 0.167 e. The lowest BCUT2D eigenvalue weighted by molar-refractivity contribution is 0.0992. The van der Waals surface area contributed by atoms with Crippen LogP contribution < -0.4 is 5.73 Å². The molecular formula is C14H12BrFN2O. The van der Waals surface area contributed by atoms with Gasteiger partial charge >= 0.3 is 0 Å². The lowest BCUT2D eigenvalue weighted by atomic mass is 10.0. The highest BCUT2D eigenvalue weighted by atomic mass is 79.9. The first-order chi connectivity index (χ1) is 9.10. The quantitative estimate of drug-likeness (QED) is 0.880. The van der Waals surface area contributed by atoms with E-state index in [9.17, 15) is 9.18 Å². The number of carbonyl (C=O) groups is 1. The van der Waals surface area contributed by atoms with Gasteiger partial charge in [0.1, 0.15) is 5.82 Å². The van der Waals surface area contributed by atoms with Crippen molar-refractivity contribution in [1.82, 2.24) is 4.98 Å². The highest BCUT2D eigenvalue weighted by molar-refractivity contribution is 9.10. The van der Waals surface area contributed by atoms with E-state index in [0.29, 0.717) is 16.8 Å². The molecule has 0 atom stereocenters. The minimum Gasteiger partial charge on any atom is -0.325 e. The van der Waals surface area contributed by atoms with E-state index in [2.05, 4.69) is 20.9 Å². The molecule has 1 aromatic heterocycles. The van der Waals surface area contributed by atoms with E-state index in [1.807, 2.05) is 0 Å². The lowest BCUT2D eigenvalue weighted by Gasteiger charge is -2.05. The molecule has 2 N–H and O–H groups in total. The van der Waals surface area contributed by atoms with Gasteiger partial charge in [-0.1, -0.05) is 15.9 Å². The monoisotopic (exact) mass is 322 g/mol. The van der Waals surface area contributed by atoms with Gasteiger partial charge in [-0.2, -0.15) is 0 Å². The fourth-order valence-corrected chi connectivity index (χ4v) is 2.10. The Balaban J connectivity index is 2.22. The molecule has 5 heteroatoms. The highest BCUT2D eigenvalue weighted by Gasteiger charge is 2.11. The number of rotatable bonds is 4. The average Bonchev–Trinajstić information content (AvgIpc) is 2.43. The Hall–Kier alpha value is -1.59. The van der Waals surface area contributed by atoms with Crippen molar-refractivity contribution in [2.45, 2.75) is 13.0 Å². The van der Waals surface area contributed by atoms with E-state index in [4.69, 9.17) is 5.73 Å². The second-order valence-electron chi connectivity index (χ2n) is 4.08. The molecule has 1 heterocycles. The fraction of sp³-hybridized carbons (Fsp3) is 0.143. The van der Waals surface area contributed by atoms with Crippen molar-refractivity contribution in [3.8, 4) is 0 Å². The molecule has 0 aliphatic carbocycles. The minimum absolute atomic E-state index is 0.0941. The van der Waals surface area contributed by atoms with Crippen molar-refractivity contribution in [2.75, 3.05) is 0 Å². The number of benzene rings is 1. The number of halogens is 2. The average molecular weight is 323 g/mol. The Morgan fingerprint density at radius 2 is 2.11 bits per heavy atom. The van der Waals surface area contributed by atoms with E-state index in [0.717, 1.165) is 4.47 Å². The van der Waals surface area contributed by atoms with Gasteiger partial charge in [-0.15, -0.1) is 0 Å². The second-order valence-corrected chi connectivity index (χ2v) is 4.93. The summed E-state index contributed by atoms with van der Waals surface area (Å²) in [6.45, 7) is 0.283. The zero-order chi connectivity index (χ0) is 13.8. The molecule has 0 unspecified atom stereocenters. The van der Waals surface area contributed by atoms with E-state index >= 15 is 0 Å². The van der Waals surface area contributed by atoms with Gasteiger partial charge < -0.3 is 5.73 Å². The summed E-state index contributed by atoms with van der Waals surface area (Å²) in [6, 6.07) is 7.59. The van der Waals surface area contributed by atoms with E-state index in [1.54, 1.807) is 24.4 Å². The largest absolute Gasteiger partial charge is 0.325 e. The number of hydrogen-bond donors (Lipinski definition) is 1. The first-order valence-corrected chi connectivity index (χ1v) is 6.51. The maximum absolute atomic E-state index is 13.2. The predicted octanol–water partition coefficient (Wildman–Crippen LogP) is 2.87. The first-order valence-electron chi connectivity index (χ1n) is 5.72. The molecule has 0 spiro atoms. The van der Waals surface area contributed by atoms with Crippen LogP contribution in [0.5, 0.6) is 0 Å². The molecule has 1 aromatic carbocycles. The maximum Gasteiger partial charge on any atom is 0.167 e. The van der Waals surface area contributed by atoms with Gasteiger partial charge in [-0.25, -0.2) is 4.39 Å². The molecule has 0 bridgehead atoms. The Bertz CT molecular complexity index is 616. The van der Waals surface area contributed by atoms with Crippen LogP contribution >= 0.6 is 15.9 Å². The lowest BCUT2D eigenvalue weighted by Crippen LogP contribution is -2.07. The summed E-state index contributed by atoms with van der Waals surface area (Å²) in [5.74, 6) is -0.452. The second kappa shape index (κ2) is 6.04. The van der Waals surface area contributed by atoms with Crippen LogP contribution in [0.15, 0.2) is 41.0 Å². The normalized spacial score (nSPS) is 10.5. The Morgan fingerprint density at radius 3 is 2.84 bits per heavy atom. The van der Waals surface area contributed by atoms with Gasteiger partial charge in [-0.3, -0.25) is 9.78 Å². The highest BCUT2D eigenvalue weighted by Crippen LogP contribution is 2.20. The number of Topliss-reactive ketones (excluding diaryl/α,β-unsaturated/α-hetero) is 1. The molecule has 3 nitrogen and oxygen atoms in total. The van der Waals surface area contributed by atoms with Gasteiger partial charge in [-0.05, 0) is 35.9 Å². The standard InChI is InChI=1S/C14H12BrFN2O/c15-13-2-1-11(16)5-10(13)7-14(19)9-3-4-18-12(6-9)8-17/h1-6H,7-8,17H2. The van der Waals surface area contributed by atoms with Crippen molar-refractivity contribution in [3.63, 3.8) is 0 Å². The molecule has 0 saturated heterocycles. The molecule has 0 fully saturated rings. The fourth-order valence-electron chi connectivity index (χ4n) is 1.72. The Labute approximate surface area is 118 Å². The molecule has 0 saturated carbocycles. The summed E-state index contributed by atoms with van der Waals surface area (Å²) in [6.07, 6.45) is 1.68. The minimum atomic E-state index is -0.358. The van der Waals surface area contributed by atoms with Crippen LogP contribution in [-0.4, -0.2) is 10.8 Å². The number of nitrogens with zero attached hydrogens (tertiary/aromatic N) is 1. The zero-order valence-electron chi connectivity index (χ0n) is 10.1. The van der Waals surface area contributed by atoms with Gasteiger partial charge in [0.15, 0.2) is 5.78 Å². The van der Waals surface area contributed by atoms with Crippen molar-refractivity contribution in [2.24, 2.45) is 5.73 Å². The SMILES string of the molecule is NCc1cc(C(=O)Cc2cc(F)ccc2Br)ccn1. The van der Waals surface area contributed by atoms with Crippen molar-refractivity contribution in [3.05, 3.63) is 63.6 Å². The van der Waals surface area contributed by atoms with E-state index in [-0.39, 0.29) is 24.6 Å². The molecular weight excluding hydrogens is 311 g/mol. The first kappa shape index (κ1) is 13.8. The summed E-state index contributed by atoms with van der Waals surface area (Å²) in [4.78, 5) is 16.2. The molecule has 19 heavy (non-hydrogen) atoms. The third-order valence-electron chi connectivity index (χ3n) is 2.71. The van der Waals surface area contributed by atoms with Crippen LogP contribution in [0.2, 0.25) is 0 Å². The van der Waals surface area contributed by atoms with Crippen LogP contribution in [0, 0.1) is 5.82 Å². The predicted molar refractivity (Wildman–Crippen MR) is 74.3 cm³/mol. The Kier molecular flexibility index (Phi) is 4.39. The third-order valence-corrected chi connectivity index (χ3v) is 3.48. The van der Waals surface area contributed by atoms with Crippen LogP contribution in [0.1, 0.15) is 21.6 Å². The molecule has 0 aliphatic rings. The van der Waals surface area contributed by atoms with Crippen LogP contribution in [0.3, 0.4) is 0 Å². The van der Waals surface area contributed by atoms with Gasteiger partial charge in [0, 0.05) is 29.2 Å². The molecule has 2 aromatic rings. The molecule has 0 radical (unpaired) electrons. The Morgan fingerprint density at radius 1 is 1.32 bits per heavy atom. The van der Waals surface area contributed by atoms with Crippen LogP contribution in [0.4, 0.5) is 4.39 Å². The maximum atomic E-state index is 13.2. The van der Waals surface area contributed by atoms with Crippen LogP contribution in [-0.2, 0) is 13.0 Å². The number of hydrogen-bond acceptors (Lipinski definition) is 3. The molecule has 0 amide bonds. The number of carbonyl (C=O) groups excluding carboxylic acids is 1. The van der Waals surface area contributed by atoms with E-state index in [1.165, 1.54) is 12.1 Å². The van der Waals surface area contributed by atoms with Gasteiger partial charge in [0.2, 0.25) is 0 Å². The third kappa shape index (κ3) is 3.45. The summed E-state index contributed by atoms with van der Waals surface area (Å²) >= 11 is 3.31. The van der Waals surface area contributed by atoms with Crippen molar-refractivity contribution < 1.29 is 9.18 Å². The number of ketones is 1. The molecule has 98 valence electrons. The van der Waals surface area contributed by atoms with Gasteiger partial charge in [0.05, 0.1) is 5.69 Å². The number of nitrogens with two attached hydrogens (primary N) is 1. The van der Waals surface area contributed by atoms with Crippen molar-refractivity contribution >= 4 is 21.7 Å². The topological polar surface area (TPSA) is 56.0 Å². The number of pyridine rings is 1. The van der Waals surface area contributed by atoms with Crippen LogP contribution in [0.25, 0.3) is 0 Å². The number of aromatic nitrogens is 1. The summed E-state index contributed by atoms with van der Waals surface area (Å²) in [5, 5.41) is 0. The van der Waals surface area contributed by atoms with Crippen molar-refractivity contribution in [1.29, 1.82) is 0 Å². The van der Waals surface area contributed by atoms with Gasteiger partial charge in [0.25, 0.3) is 0 Å². The zero-order valence-corrected chi connectivity index (χ0v) is 11.7. The van der Waals surface area contributed by atoms with E-state index < -0.39 is 0 Å². The summed E-state index contributed by atoms with van der Waals surface area (Å²) in [5.41, 5.74) is 7.30. The molecule has 2 rings (SSSR count). The summed E-state index contributed by atoms with van der Waals surface area (Å²) < 4.78 is 13.9.